The third kappa shape index (κ3) is 4.51. The lowest BCUT2D eigenvalue weighted by Gasteiger charge is -2.08. The Balaban J connectivity index is 1.82. The highest BCUT2D eigenvalue weighted by Gasteiger charge is 2.13. The van der Waals surface area contributed by atoms with Crippen LogP contribution in [0.3, 0.4) is 0 Å². The Morgan fingerprint density at radius 1 is 1.33 bits per heavy atom. The molecule has 0 aliphatic rings. The van der Waals surface area contributed by atoms with Crippen LogP contribution in [-0.2, 0) is 11.3 Å². The van der Waals surface area contributed by atoms with Crippen LogP contribution in [0.4, 0.5) is 11.5 Å². The molecule has 1 aromatic carbocycles. The number of methoxy groups -OCH3 is 1. The zero-order chi connectivity index (χ0) is 21.7. The van der Waals surface area contributed by atoms with Gasteiger partial charge in [0.1, 0.15) is 23.2 Å². The lowest BCUT2D eigenvalue weighted by molar-refractivity contribution is -0.384. The van der Waals surface area contributed by atoms with Crippen molar-refractivity contribution in [3.63, 3.8) is 0 Å². The molecule has 3 aromatic rings. The highest BCUT2D eigenvalue weighted by molar-refractivity contribution is 5.78. The zero-order valence-electron chi connectivity index (χ0n) is 16.7. The van der Waals surface area contributed by atoms with E-state index in [1.165, 1.54) is 18.3 Å². The van der Waals surface area contributed by atoms with Gasteiger partial charge in [0, 0.05) is 36.1 Å². The zero-order valence-corrected chi connectivity index (χ0v) is 16.7. The number of hydrazone groups is 1. The van der Waals surface area contributed by atoms with Gasteiger partial charge in [0.25, 0.3) is 5.69 Å². The van der Waals surface area contributed by atoms with Gasteiger partial charge in [0.15, 0.2) is 5.82 Å². The summed E-state index contributed by atoms with van der Waals surface area (Å²) in [6.07, 6.45) is 1.44. The van der Waals surface area contributed by atoms with E-state index in [4.69, 9.17) is 9.15 Å². The van der Waals surface area contributed by atoms with E-state index in [1.54, 1.807) is 31.4 Å². The number of pyridine rings is 1. The van der Waals surface area contributed by atoms with Crippen LogP contribution in [0.2, 0.25) is 0 Å². The molecule has 0 radical (unpaired) electrons. The van der Waals surface area contributed by atoms with Crippen molar-refractivity contribution in [2.75, 3.05) is 12.5 Å². The standard InChI is InChI=1S/C21H19N5O4/c1-13-4-5-16(26(27)28)9-18(13)20-7-6-17(30-20)11-23-25-21-19(10-22)15(12-29-3)8-14(2)24-21/h4-9,11H,12H2,1-3H3,(H,24,25)/b23-11-. The molecule has 0 aliphatic carbocycles. The molecule has 0 bridgehead atoms. The van der Waals surface area contributed by atoms with Gasteiger partial charge in [-0.05, 0) is 37.6 Å². The molecule has 0 saturated heterocycles. The van der Waals surface area contributed by atoms with Gasteiger partial charge in [-0.2, -0.15) is 10.4 Å². The van der Waals surface area contributed by atoms with Crippen molar-refractivity contribution in [3.05, 3.63) is 74.7 Å². The number of anilines is 1. The van der Waals surface area contributed by atoms with Crippen LogP contribution in [0.5, 0.6) is 0 Å². The van der Waals surface area contributed by atoms with Crippen molar-refractivity contribution in [1.29, 1.82) is 5.26 Å². The van der Waals surface area contributed by atoms with Gasteiger partial charge in [-0.25, -0.2) is 4.98 Å². The fraction of sp³-hybridized carbons (Fsp3) is 0.190. The molecule has 30 heavy (non-hydrogen) atoms. The second-order valence-electron chi connectivity index (χ2n) is 6.52. The number of nitriles is 1. The second kappa shape index (κ2) is 8.98. The molecule has 9 heteroatoms. The predicted molar refractivity (Wildman–Crippen MR) is 111 cm³/mol. The summed E-state index contributed by atoms with van der Waals surface area (Å²) in [4.78, 5) is 14.9. The number of hydrogen-bond acceptors (Lipinski definition) is 8. The van der Waals surface area contributed by atoms with Crippen molar-refractivity contribution < 1.29 is 14.1 Å². The molecule has 0 fully saturated rings. The molecule has 1 N–H and O–H groups in total. The third-order valence-electron chi connectivity index (χ3n) is 4.33. The number of rotatable bonds is 7. The normalized spacial score (nSPS) is 10.9. The van der Waals surface area contributed by atoms with Gasteiger partial charge in [-0.1, -0.05) is 6.07 Å². The maximum Gasteiger partial charge on any atom is 0.270 e. The number of nitrogens with zero attached hydrogens (tertiary/aromatic N) is 4. The van der Waals surface area contributed by atoms with E-state index in [1.807, 2.05) is 13.8 Å². The van der Waals surface area contributed by atoms with Crippen LogP contribution in [-0.4, -0.2) is 23.2 Å². The Labute approximate surface area is 172 Å². The molecular weight excluding hydrogens is 386 g/mol. The summed E-state index contributed by atoms with van der Waals surface area (Å²) < 4.78 is 10.9. The highest BCUT2D eigenvalue weighted by Crippen LogP contribution is 2.29. The van der Waals surface area contributed by atoms with Crippen molar-refractivity contribution in [2.45, 2.75) is 20.5 Å². The number of nitro benzene ring substituents is 1. The quantitative estimate of drug-likeness (QED) is 0.352. The summed E-state index contributed by atoms with van der Waals surface area (Å²) in [6, 6.07) is 11.9. The molecule has 0 atom stereocenters. The number of non-ortho nitro benzene ring substituents is 1. The van der Waals surface area contributed by atoms with Crippen molar-refractivity contribution in [1.82, 2.24) is 4.98 Å². The largest absolute Gasteiger partial charge is 0.455 e. The first kappa shape index (κ1) is 20.7. The Hall–Kier alpha value is -4.03. The summed E-state index contributed by atoms with van der Waals surface area (Å²) in [6.45, 7) is 3.95. The van der Waals surface area contributed by atoms with E-state index in [0.717, 1.165) is 11.3 Å². The van der Waals surface area contributed by atoms with Gasteiger partial charge >= 0.3 is 0 Å². The minimum absolute atomic E-state index is 0.00898. The monoisotopic (exact) mass is 405 g/mol. The molecule has 0 spiro atoms. The van der Waals surface area contributed by atoms with Gasteiger partial charge < -0.3 is 9.15 Å². The number of furan rings is 1. The highest BCUT2D eigenvalue weighted by atomic mass is 16.6. The lowest BCUT2D eigenvalue weighted by Crippen LogP contribution is -2.03. The van der Waals surface area contributed by atoms with Crippen LogP contribution < -0.4 is 5.43 Å². The second-order valence-corrected chi connectivity index (χ2v) is 6.52. The fourth-order valence-electron chi connectivity index (χ4n) is 2.93. The van der Waals surface area contributed by atoms with E-state index in [0.29, 0.717) is 34.0 Å². The molecule has 0 saturated carbocycles. The first-order chi connectivity index (χ1) is 14.4. The summed E-state index contributed by atoms with van der Waals surface area (Å²) in [5.74, 6) is 1.25. The molecular formula is C21H19N5O4. The maximum absolute atomic E-state index is 11.0. The topological polar surface area (TPSA) is 127 Å². The smallest absolute Gasteiger partial charge is 0.270 e. The van der Waals surface area contributed by atoms with Crippen molar-refractivity contribution >= 4 is 17.7 Å². The van der Waals surface area contributed by atoms with Crippen LogP contribution in [0.1, 0.15) is 28.1 Å². The molecule has 0 amide bonds. The SMILES string of the molecule is COCc1cc(C)nc(N/N=C\c2ccc(-c3cc([N+](=O)[O-])ccc3C)o2)c1C#N. The lowest BCUT2D eigenvalue weighted by atomic mass is 10.1. The minimum atomic E-state index is -0.447. The van der Waals surface area contributed by atoms with E-state index in [2.05, 4.69) is 21.6 Å². The van der Waals surface area contributed by atoms with Crippen molar-refractivity contribution in [2.24, 2.45) is 5.10 Å². The number of hydrogen-bond donors (Lipinski definition) is 1. The Morgan fingerprint density at radius 3 is 2.83 bits per heavy atom. The number of aryl methyl sites for hydroxylation is 2. The first-order valence-electron chi connectivity index (χ1n) is 8.96. The third-order valence-corrected chi connectivity index (χ3v) is 4.33. The number of aromatic nitrogens is 1. The number of nitro groups is 1. The average molecular weight is 405 g/mol. The van der Waals surface area contributed by atoms with Gasteiger partial charge in [0.05, 0.1) is 17.7 Å². The average Bonchev–Trinajstić information content (AvgIpc) is 3.17. The minimum Gasteiger partial charge on any atom is -0.455 e. The summed E-state index contributed by atoms with van der Waals surface area (Å²) >= 11 is 0. The molecule has 0 aliphatic heterocycles. The van der Waals surface area contributed by atoms with E-state index in [9.17, 15) is 15.4 Å². The molecule has 152 valence electrons. The Morgan fingerprint density at radius 2 is 2.13 bits per heavy atom. The van der Waals surface area contributed by atoms with Crippen LogP contribution in [0.25, 0.3) is 11.3 Å². The Kier molecular flexibility index (Phi) is 6.20. The van der Waals surface area contributed by atoms with Crippen LogP contribution in [0, 0.1) is 35.3 Å². The van der Waals surface area contributed by atoms with Gasteiger partial charge in [0.2, 0.25) is 0 Å². The van der Waals surface area contributed by atoms with Gasteiger partial charge in [-0.15, -0.1) is 0 Å². The van der Waals surface area contributed by atoms with E-state index < -0.39 is 4.92 Å². The predicted octanol–water partition coefficient (Wildman–Crippen LogP) is 4.33. The maximum atomic E-state index is 11.0. The van der Waals surface area contributed by atoms with E-state index in [-0.39, 0.29) is 12.3 Å². The fourth-order valence-corrected chi connectivity index (χ4v) is 2.93. The molecule has 3 rings (SSSR count). The number of benzene rings is 1. The molecule has 2 aromatic heterocycles. The number of ether oxygens (including phenoxy) is 1. The molecule has 9 nitrogen and oxygen atoms in total. The summed E-state index contributed by atoms with van der Waals surface area (Å²) in [5.41, 5.74) is 6.03. The van der Waals surface area contributed by atoms with Crippen molar-refractivity contribution in [3.8, 4) is 17.4 Å². The summed E-state index contributed by atoms with van der Waals surface area (Å²) in [5, 5.41) is 24.6. The van der Waals surface area contributed by atoms with E-state index >= 15 is 0 Å². The first-order valence-corrected chi connectivity index (χ1v) is 8.96. The number of nitrogens with one attached hydrogen (secondary N) is 1. The van der Waals surface area contributed by atoms with Gasteiger partial charge in [-0.3, -0.25) is 15.5 Å². The van der Waals surface area contributed by atoms with Crippen LogP contribution >= 0.6 is 0 Å². The summed E-state index contributed by atoms with van der Waals surface area (Å²) in [7, 11) is 1.56. The molecule has 0 unspecified atom stereocenters. The molecule has 2 heterocycles. The van der Waals surface area contributed by atoms with Crippen LogP contribution in [0.15, 0.2) is 45.9 Å². The Bertz CT molecular complexity index is 1160.